The first-order chi connectivity index (χ1) is 9.96. The summed E-state index contributed by atoms with van der Waals surface area (Å²) in [5, 5.41) is 0. The molecule has 1 aliphatic rings. The summed E-state index contributed by atoms with van der Waals surface area (Å²) >= 11 is 0. The molecule has 0 spiro atoms. The Balaban J connectivity index is 2.11. The lowest BCUT2D eigenvalue weighted by Gasteiger charge is -2.38. The highest BCUT2D eigenvalue weighted by Gasteiger charge is 2.27. The van der Waals surface area contributed by atoms with E-state index in [0.717, 1.165) is 49.8 Å². The molecule has 1 heterocycles. The van der Waals surface area contributed by atoms with E-state index in [1.165, 1.54) is 0 Å². The standard InChI is InChI=1S/C16H27N3O2/c1-16(17,12-19-9-7-18(2)8-10-19)13-5-6-14(20-3)15(11-13)21-4/h5-6,11H,7-10,12,17H2,1-4H3. The molecule has 1 unspecified atom stereocenters. The summed E-state index contributed by atoms with van der Waals surface area (Å²) < 4.78 is 10.7. The van der Waals surface area contributed by atoms with E-state index in [1.807, 2.05) is 18.2 Å². The number of piperazine rings is 1. The van der Waals surface area contributed by atoms with Gasteiger partial charge in [-0.05, 0) is 31.7 Å². The number of benzene rings is 1. The smallest absolute Gasteiger partial charge is 0.161 e. The summed E-state index contributed by atoms with van der Waals surface area (Å²) in [4.78, 5) is 4.78. The van der Waals surface area contributed by atoms with Gasteiger partial charge in [0.2, 0.25) is 0 Å². The zero-order chi connectivity index (χ0) is 15.5. The van der Waals surface area contributed by atoms with Crippen LogP contribution < -0.4 is 15.2 Å². The van der Waals surface area contributed by atoms with Gasteiger partial charge in [0.15, 0.2) is 11.5 Å². The van der Waals surface area contributed by atoms with Crippen molar-refractivity contribution in [2.45, 2.75) is 12.5 Å². The molecule has 0 radical (unpaired) electrons. The van der Waals surface area contributed by atoms with Crippen LogP contribution in [0.4, 0.5) is 0 Å². The van der Waals surface area contributed by atoms with Crippen LogP contribution in [-0.4, -0.2) is 63.8 Å². The van der Waals surface area contributed by atoms with Gasteiger partial charge in [0.05, 0.1) is 19.8 Å². The Morgan fingerprint density at radius 3 is 2.29 bits per heavy atom. The van der Waals surface area contributed by atoms with E-state index < -0.39 is 5.54 Å². The Labute approximate surface area is 127 Å². The van der Waals surface area contributed by atoms with E-state index >= 15 is 0 Å². The first kappa shape index (κ1) is 16.1. The molecule has 1 saturated heterocycles. The molecule has 0 aliphatic carbocycles. The minimum Gasteiger partial charge on any atom is -0.493 e. The Morgan fingerprint density at radius 1 is 1.10 bits per heavy atom. The lowest BCUT2D eigenvalue weighted by molar-refractivity contribution is 0.130. The number of nitrogens with two attached hydrogens (primary N) is 1. The van der Waals surface area contributed by atoms with Crippen molar-refractivity contribution in [2.24, 2.45) is 5.73 Å². The molecule has 1 aromatic carbocycles. The van der Waals surface area contributed by atoms with Gasteiger partial charge in [-0.3, -0.25) is 4.90 Å². The molecule has 5 heteroatoms. The van der Waals surface area contributed by atoms with Crippen molar-refractivity contribution in [1.29, 1.82) is 0 Å². The highest BCUT2D eigenvalue weighted by molar-refractivity contribution is 5.44. The fourth-order valence-corrected chi connectivity index (χ4v) is 2.75. The Morgan fingerprint density at radius 2 is 1.71 bits per heavy atom. The summed E-state index contributed by atoms with van der Waals surface area (Å²) in [5.74, 6) is 1.46. The average molecular weight is 293 g/mol. The van der Waals surface area contributed by atoms with Crippen molar-refractivity contribution >= 4 is 0 Å². The maximum atomic E-state index is 6.57. The van der Waals surface area contributed by atoms with Crippen LogP contribution in [0.2, 0.25) is 0 Å². The summed E-state index contributed by atoms with van der Waals surface area (Å²) in [6.07, 6.45) is 0. The van der Waals surface area contributed by atoms with Gasteiger partial charge >= 0.3 is 0 Å². The van der Waals surface area contributed by atoms with E-state index in [1.54, 1.807) is 14.2 Å². The van der Waals surface area contributed by atoms with Crippen LogP contribution in [0.3, 0.4) is 0 Å². The third-order valence-electron chi connectivity index (χ3n) is 4.19. The molecule has 2 N–H and O–H groups in total. The number of rotatable bonds is 5. The predicted molar refractivity (Wildman–Crippen MR) is 85.0 cm³/mol. The average Bonchev–Trinajstić information content (AvgIpc) is 2.48. The highest BCUT2D eigenvalue weighted by Crippen LogP contribution is 2.31. The van der Waals surface area contributed by atoms with Crippen LogP contribution >= 0.6 is 0 Å². The maximum Gasteiger partial charge on any atom is 0.161 e. The Bertz CT molecular complexity index is 469. The molecule has 2 rings (SSSR count). The fraction of sp³-hybridized carbons (Fsp3) is 0.625. The van der Waals surface area contributed by atoms with E-state index in [4.69, 9.17) is 15.2 Å². The highest BCUT2D eigenvalue weighted by atomic mass is 16.5. The Hall–Kier alpha value is -1.30. The normalized spacial score (nSPS) is 20.0. The quantitative estimate of drug-likeness (QED) is 0.882. The van der Waals surface area contributed by atoms with Gasteiger partial charge in [0.25, 0.3) is 0 Å². The van der Waals surface area contributed by atoms with Crippen LogP contribution in [0.1, 0.15) is 12.5 Å². The summed E-state index contributed by atoms with van der Waals surface area (Å²) in [6.45, 7) is 7.25. The lowest BCUT2D eigenvalue weighted by Crippen LogP contribution is -2.52. The van der Waals surface area contributed by atoms with Gasteiger partial charge in [-0.25, -0.2) is 0 Å². The third-order valence-corrected chi connectivity index (χ3v) is 4.19. The van der Waals surface area contributed by atoms with Crippen LogP contribution in [-0.2, 0) is 5.54 Å². The van der Waals surface area contributed by atoms with E-state index in [-0.39, 0.29) is 0 Å². The molecular formula is C16H27N3O2. The SMILES string of the molecule is COc1ccc(C(C)(N)CN2CCN(C)CC2)cc1OC. The van der Waals surface area contributed by atoms with Crippen molar-refractivity contribution in [2.75, 3.05) is 54.0 Å². The molecule has 1 fully saturated rings. The molecule has 0 aromatic heterocycles. The van der Waals surface area contributed by atoms with Gasteiger partial charge < -0.3 is 20.1 Å². The lowest BCUT2D eigenvalue weighted by atomic mass is 9.92. The van der Waals surface area contributed by atoms with Crippen molar-refractivity contribution < 1.29 is 9.47 Å². The van der Waals surface area contributed by atoms with Crippen molar-refractivity contribution in [3.63, 3.8) is 0 Å². The molecule has 118 valence electrons. The molecular weight excluding hydrogens is 266 g/mol. The number of methoxy groups -OCH3 is 2. The predicted octanol–water partition coefficient (Wildman–Crippen LogP) is 1.13. The van der Waals surface area contributed by atoms with Gasteiger partial charge in [0, 0.05) is 32.7 Å². The summed E-state index contributed by atoms with van der Waals surface area (Å²) in [7, 11) is 5.45. The third kappa shape index (κ3) is 3.87. The summed E-state index contributed by atoms with van der Waals surface area (Å²) in [6, 6.07) is 5.93. The van der Waals surface area contributed by atoms with Crippen molar-refractivity contribution in [3.8, 4) is 11.5 Å². The van der Waals surface area contributed by atoms with Crippen LogP contribution in [0.25, 0.3) is 0 Å². The monoisotopic (exact) mass is 293 g/mol. The number of ether oxygens (including phenoxy) is 2. The zero-order valence-electron chi connectivity index (χ0n) is 13.6. The van der Waals surface area contributed by atoms with Crippen molar-refractivity contribution in [1.82, 2.24) is 9.80 Å². The molecule has 1 aliphatic heterocycles. The molecule has 1 atom stereocenters. The second kappa shape index (κ2) is 6.64. The first-order valence-corrected chi connectivity index (χ1v) is 7.38. The molecule has 5 nitrogen and oxygen atoms in total. The fourth-order valence-electron chi connectivity index (χ4n) is 2.75. The second-order valence-corrected chi connectivity index (χ2v) is 6.07. The number of likely N-dealkylation sites (N-methyl/N-ethyl adjacent to an activating group) is 1. The minimum absolute atomic E-state index is 0.407. The number of hydrogen-bond acceptors (Lipinski definition) is 5. The van der Waals surface area contributed by atoms with Crippen LogP contribution in [0.15, 0.2) is 18.2 Å². The first-order valence-electron chi connectivity index (χ1n) is 7.38. The van der Waals surface area contributed by atoms with E-state index in [2.05, 4.69) is 23.8 Å². The van der Waals surface area contributed by atoms with Gasteiger partial charge in [-0.1, -0.05) is 6.07 Å². The minimum atomic E-state index is -0.407. The van der Waals surface area contributed by atoms with Gasteiger partial charge in [-0.15, -0.1) is 0 Å². The summed E-state index contributed by atoms with van der Waals surface area (Å²) in [5.41, 5.74) is 7.23. The second-order valence-electron chi connectivity index (χ2n) is 6.07. The van der Waals surface area contributed by atoms with E-state index in [9.17, 15) is 0 Å². The molecule has 1 aromatic rings. The van der Waals surface area contributed by atoms with Crippen molar-refractivity contribution in [3.05, 3.63) is 23.8 Å². The topological polar surface area (TPSA) is 51.0 Å². The largest absolute Gasteiger partial charge is 0.493 e. The van der Waals surface area contributed by atoms with Crippen LogP contribution in [0, 0.1) is 0 Å². The van der Waals surface area contributed by atoms with Crippen LogP contribution in [0.5, 0.6) is 11.5 Å². The molecule has 0 bridgehead atoms. The molecule has 0 saturated carbocycles. The van der Waals surface area contributed by atoms with Gasteiger partial charge in [-0.2, -0.15) is 0 Å². The molecule has 0 amide bonds. The number of nitrogens with zero attached hydrogens (tertiary/aromatic N) is 2. The molecule has 21 heavy (non-hydrogen) atoms. The Kier molecular flexibility index (Phi) is 5.08. The van der Waals surface area contributed by atoms with E-state index in [0.29, 0.717) is 0 Å². The zero-order valence-corrected chi connectivity index (χ0v) is 13.6. The van der Waals surface area contributed by atoms with Gasteiger partial charge in [0.1, 0.15) is 0 Å². The maximum absolute atomic E-state index is 6.57. The number of hydrogen-bond donors (Lipinski definition) is 1.